The lowest BCUT2D eigenvalue weighted by molar-refractivity contribution is -0.138. The molecule has 1 spiro atoms. The Kier molecular flexibility index (Phi) is 8.74. The van der Waals surface area contributed by atoms with Crippen LogP contribution in [0.5, 0.6) is 11.5 Å². The number of anilines is 1. The highest BCUT2D eigenvalue weighted by molar-refractivity contribution is 5.87. The van der Waals surface area contributed by atoms with Crippen molar-refractivity contribution in [2.45, 2.75) is 65.0 Å². The number of hydrogen-bond donors (Lipinski definition) is 0. The minimum atomic E-state index is -0.0715. The smallest absolute Gasteiger partial charge is 0.225 e. The Morgan fingerprint density at radius 3 is 2.45 bits per heavy atom. The van der Waals surface area contributed by atoms with E-state index in [9.17, 15) is 4.79 Å². The summed E-state index contributed by atoms with van der Waals surface area (Å²) >= 11 is 0. The van der Waals surface area contributed by atoms with E-state index in [-0.39, 0.29) is 11.5 Å². The number of nitrogens with zero attached hydrogens (tertiary/aromatic N) is 8. The Bertz CT molecular complexity index is 1740. The molecule has 5 heterocycles. The summed E-state index contributed by atoms with van der Waals surface area (Å²) < 4.78 is 13.9. The first kappa shape index (κ1) is 31.4. The van der Waals surface area contributed by atoms with Gasteiger partial charge in [-0.05, 0) is 95.3 Å². The molecular weight excluding hydrogens is 592 g/mol. The van der Waals surface area contributed by atoms with Crippen molar-refractivity contribution < 1.29 is 14.3 Å². The van der Waals surface area contributed by atoms with Crippen molar-refractivity contribution in [3.05, 3.63) is 65.4 Å². The normalized spacial score (nSPS) is 21.7. The molecule has 7 rings (SSSR count). The number of likely N-dealkylation sites (N-methyl/N-ethyl adjacent to an activating group) is 1. The van der Waals surface area contributed by atoms with Crippen LogP contribution >= 0.6 is 0 Å². The third kappa shape index (κ3) is 5.90. The molecule has 0 unspecified atom stereocenters. The van der Waals surface area contributed by atoms with Crippen LogP contribution in [0.4, 0.5) is 5.82 Å². The molecule has 0 radical (unpaired) electrons. The minimum absolute atomic E-state index is 0.0548. The van der Waals surface area contributed by atoms with Gasteiger partial charge in [-0.2, -0.15) is 5.10 Å². The zero-order valence-corrected chi connectivity index (χ0v) is 28.1. The number of carbonyl (C=O) groups is 1. The van der Waals surface area contributed by atoms with Gasteiger partial charge in [-0.15, -0.1) is 0 Å². The van der Waals surface area contributed by atoms with E-state index >= 15 is 0 Å². The third-order valence-corrected chi connectivity index (χ3v) is 10.4. The molecule has 1 saturated carbocycles. The summed E-state index contributed by atoms with van der Waals surface area (Å²) in [5.41, 5.74) is 5.36. The quantitative estimate of drug-likeness (QED) is 0.274. The number of fused-ring (bicyclic) bond motifs is 3. The molecule has 0 atom stereocenters. The van der Waals surface area contributed by atoms with Gasteiger partial charge >= 0.3 is 0 Å². The molecule has 1 amide bonds. The molecular formula is C36H46N8O3. The topological polar surface area (TPSA) is 102 Å². The summed E-state index contributed by atoms with van der Waals surface area (Å²) in [4.78, 5) is 34.6. The van der Waals surface area contributed by atoms with Crippen LogP contribution in [0.3, 0.4) is 0 Å². The predicted octanol–water partition coefficient (Wildman–Crippen LogP) is 4.60. The van der Waals surface area contributed by atoms with E-state index in [1.807, 2.05) is 49.8 Å². The van der Waals surface area contributed by atoms with Crippen LogP contribution in [0.15, 0.2) is 42.9 Å². The average molecular weight is 639 g/mol. The van der Waals surface area contributed by atoms with Crippen molar-refractivity contribution in [2.24, 2.45) is 5.92 Å². The molecule has 11 nitrogen and oxygen atoms in total. The molecule has 2 fully saturated rings. The number of rotatable bonds is 8. The zero-order valence-electron chi connectivity index (χ0n) is 28.1. The van der Waals surface area contributed by atoms with Crippen molar-refractivity contribution in [1.82, 2.24) is 34.5 Å². The second kappa shape index (κ2) is 13.1. The molecule has 0 bridgehead atoms. The summed E-state index contributed by atoms with van der Waals surface area (Å²) in [6.07, 6.45) is 8.18. The van der Waals surface area contributed by atoms with Crippen molar-refractivity contribution in [3.8, 4) is 11.5 Å². The number of hydrogen-bond acceptors (Lipinski definition) is 9. The minimum Gasteiger partial charge on any atom is -0.490 e. The molecule has 47 heavy (non-hydrogen) atoms. The van der Waals surface area contributed by atoms with Crippen molar-refractivity contribution in [1.29, 1.82) is 0 Å². The summed E-state index contributed by atoms with van der Waals surface area (Å²) in [7, 11) is 2.24. The van der Waals surface area contributed by atoms with E-state index in [1.165, 1.54) is 11.1 Å². The summed E-state index contributed by atoms with van der Waals surface area (Å²) in [6, 6.07) is 10.4. The Balaban J connectivity index is 1.01. The van der Waals surface area contributed by atoms with E-state index in [4.69, 9.17) is 9.47 Å². The molecule has 0 N–H and O–H groups in total. The second-order valence-electron chi connectivity index (χ2n) is 13.1. The van der Waals surface area contributed by atoms with Gasteiger partial charge in [-0.1, -0.05) is 6.07 Å². The fraction of sp³-hybridized carbons (Fsp3) is 0.528. The van der Waals surface area contributed by atoms with Crippen LogP contribution < -0.4 is 14.4 Å². The van der Waals surface area contributed by atoms with Gasteiger partial charge in [0.05, 0.1) is 37.0 Å². The largest absolute Gasteiger partial charge is 0.490 e. The summed E-state index contributed by atoms with van der Waals surface area (Å²) in [5, 5.41) is 5.55. The maximum Gasteiger partial charge on any atom is 0.225 e. The standard InChI is InChI=1S/C36H46N8O3/c1-5-46-31-20-27-12-15-41(4)36(30(27)21-32(31)47-6-2)13-10-26(11-14-36)35(45)43-18-16-42(17-19-43)33-29-22-39-44(34(29)38-24-37-33)23-28-9-7-8-25(3)40-28/h7-9,20-22,24,26H,5-6,10-19,23H2,1-4H3/t26-,36+. The van der Waals surface area contributed by atoms with Crippen LogP contribution in [0, 0.1) is 12.8 Å². The Hall–Kier alpha value is -4.25. The van der Waals surface area contributed by atoms with Crippen LogP contribution in [0.25, 0.3) is 11.0 Å². The van der Waals surface area contributed by atoms with Gasteiger partial charge in [0.25, 0.3) is 0 Å². The monoisotopic (exact) mass is 638 g/mol. The average Bonchev–Trinajstić information content (AvgIpc) is 3.50. The number of benzene rings is 1. The van der Waals surface area contributed by atoms with Gasteiger partial charge in [0, 0.05) is 49.9 Å². The lowest BCUT2D eigenvalue weighted by Crippen LogP contribution is -2.54. The van der Waals surface area contributed by atoms with Crippen LogP contribution in [0.2, 0.25) is 0 Å². The number of piperazine rings is 1. The van der Waals surface area contributed by atoms with E-state index in [2.05, 4.69) is 53.9 Å². The fourth-order valence-electron chi connectivity index (χ4n) is 7.97. The molecule has 3 aromatic heterocycles. The Labute approximate surface area is 276 Å². The molecule has 4 aromatic rings. The van der Waals surface area contributed by atoms with E-state index < -0.39 is 0 Å². The maximum atomic E-state index is 13.9. The molecule has 11 heteroatoms. The van der Waals surface area contributed by atoms with E-state index in [1.54, 1.807) is 6.33 Å². The SMILES string of the molecule is CCOc1cc2c(cc1OCC)[C@]1(CC[C@H](C(=O)N3CCN(c4ncnc5c4cnn5Cc4cccc(C)n4)CC3)CC1)N(C)CC2. The molecule has 1 aliphatic carbocycles. The van der Waals surface area contributed by atoms with Gasteiger partial charge in [0.15, 0.2) is 17.1 Å². The third-order valence-electron chi connectivity index (χ3n) is 10.4. The van der Waals surface area contributed by atoms with Crippen LogP contribution in [0.1, 0.15) is 62.0 Å². The highest BCUT2D eigenvalue weighted by Crippen LogP contribution is 2.49. The summed E-state index contributed by atoms with van der Waals surface area (Å²) in [6.45, 7) is 11.6. The highest BCUT2D eigenvalue weighted by Gasteiger charge is 2.46. The molecule has 1 aromatic carbocycles. The van der Waals surface area contributed by atoms with Gasteiger partial charge in [-0.25, -0.2) is 14.6 Å². The van der Waals surface area contributed by atoms with Crippen LogP contribution in [-0.4, -0.2) is 93.4 Å². The van der Waals surface area contributed by atoms with E-state index in [0.717, 1.165) is 91.5 Å². The van der Waals surface area contributed by atoms with E-state index in [0.29, 0.717) is 38.8 Å². The molecule has 3 aliphatic rings. The Morgan fingerprint density at radius 2 is 1.72 bits per heavy atom. The van der Waals surface area contributed by atoms with Crippen molar-refractivity contribution in [2.75, 3.05) is 57.9 Å². The number of amides is 1. The number of carbonyl (C=O) groups excluding carboxylic acids is 1. The first-order valence-electron chi connectivity index (χ1n) is 17.2. The first-order valence-corrected chi connectivity index (χ1v) is 17.2. The predicted molar refractivity (Wildman–Crippen MR) is 181 cm³/mol. The summed E-state index contributed by atoms with van der Waals surface area (Å²) in [5.74, 6) is 2.90. The number of ether oxygens (including phenoxy) is 2. The number of aromatic nitrogens is 5. The second-order valence-corrected chi connectivity index (χ2v) is 13.1. The highest BCUT2D eigenvalue weighted by atomic mass is 16.5. The Morgan fingerprint density at radius 1 is 0.979 bits per heavy atom. The van der Waals surface area contributed by atoms with Gasteiger partial charge < -0.3 is 19.3 Å². The maximum absolute atomic E-state index is 13.9. The molecule has 2 aliphatic heterocycles. The lowest BCUT2D eigenvalue weighted by atomic mass is 9.68. The molecule has 248 valence electrons. The molecule has 1 saturated heterocycles. The van der Waals surface area contributed by atoms with Crippen molar-refractivity contribution >= 4 is 22.8 Å². The van der Waals surface area contributed by atoms with Gasteiger partial charge in [-0.3, -0.25) is 14.7 Å². The number of aryl methyl sites for hydroxylation is 1. The van der Waals surface area contributed by atoms with Crippen molar-refractivity contribution in [3.63, 3.8) is 0 Å². The zero-order chi connectivity index (χ0) is 32.5. The van der Waals surface area contributed by atoms with Gasteiger partial charge in [0.1, 0.15) is 12.1 Å². The van der Waals surface area contributed by atoms with Crippen LogP contribution in [-0.2, 0) is 23.3 Å². The lowest BCUT2D eigenvalue weighted by Gasteiger charge is -2.51. The number of pyridine rings is 1. The fourth-order valence-corrected chi connectivity index (χ4v) is 7.97. The first-order chi connectivity index (χ1) is 22.9. The van der Waals surface area contributed by atoms with Gasteiger partial charge in [0.2, 0.25) is 5.91 Å².